The normalized spacial score (nSPS) is 14.0. The van der Waals surface area contributed by atoms with Crippen LogP contribution in [0.15, 0.2) is 78.9 Å². The van der Waals surface area contributed by atoms with Crippen LogP contribution in [0, 0.1) is 0 Å². The highest BCUT2D eigenvalue weighted by molar-refractivity contribution is 5.73. The van der Waals surface area contributed by atoms with Gasteiger partial charge in [-0.1, -0.05) is 66.7 Å². The summed E-state index contributed by atoms with van der Waals surface area (Å²) in [5.41, 5.74) is 4.63. The molecule has 1 amide bonds. The zero-order valence-corrected chi connectivity index (χ0v) is 15.1. The van der Waals surface area contributed by atoms with Gasteiger partial charge >= 0.3 is 6.09 Å². The minimum absolute atomic E-state index is 0.281. The molecule has 0 aromatic heterocycles. The van der Waals surface area contributed by atoms with Gasteiger partial charge in [0.05, 0.1) is 0 Å². The van der Waals surface area contributed by atoms with Gasteiger partial charge in [-0.25, -0.2) is 4.79 Å². The first-order valence-electron chi connectivity index (χ1n) is 9.23. The van der Waals surface area contributed by atoms with Crippen molar-refractivity contribution in [2.75, 3.05) is 26.2 Å². The van der Waals surface area contributed by atoms with E-state index >= 15 is 0 Å². The summed E-state index contributed by atoms with van der Waals surface area (Å²) in [5, 5.41) is 3.22. The Kier molecular flexibility index (Phi) is 5.17. The second-order valence-electron chi connectivity index (χ2n) is 6.57. The summed E-state index contributed by atoms with van der Waals surface area (Å²) in [4.78, 5) is 13.9. The Morgan fingerprint density at radius 3 is 1.74 bits per heavy atom. The number of nitrogens with zero attached hydrogens (tertiary/aromatic N) is 1. The Hall–Kier alpha value is -3.11. The fourth-order valence-corrected chi connectivity index (χ4v) is 3.21. The minimum Gasteiger partial charge on any atom is -0.410 e. The molecule has 0 unspecified atom stereocenters. The first-order valence-corrected chi connectivity index (χ1v) is 9.23. The van der Waals surface area contributed by atoms with E-state index in [0.717, 1.165) is 24.2 Å². The van der Waals surface area contributed by atoms with E-state index in [2.05, 4.69) is 41.7 Å². The lowest BCUT2D eigenvalue weighted by Crippen LogP contribution is -2.47. The number of carbonyl (C=O) groups is 1. The molecule has 1 aliphatic heterocycles. The van der Waals surface area contributed by atoms with E-state index in [1.54, 1.807) is 4.90 Å². The zero-order chi connectivity index (χ0) is 18.5. The minimum atomic E-state index is -0.281. The van der Waals surface area contributed by atoms with Crippen LogP contribution in [-0.2, 0) is 0 Å². The molecule has 1 heterocycles. The first-order chi connectivity index (χ1) is 13.3. The second kappa shape index (κ2) is 8.06. The molecule has 1 N–H and O–H groups in total. The van der Waals surface area contributed by atoms with Gasteiger partial charge in [0, 0.05) is 26.2 Å². The van der Waals surface area contributed by atoms with Crippen molar-refractivity contribution >= 4 is 6.09 Å². The zero-order valence-electron chi connectivity index (χ0n) is 15.1. The number of carbonyl (C=O) groups excluding carboxylic acids is 1. The number of hydrogen-bond donors (Lipinski definition) is 1. The molecule has 0 saturated carbocycles. The van der Waals surface area contributed by atoms with Crippen molar-refractivity contribution in [3.63, 3.8) is 0 Å². The van der Waals surface area contributed by atoms with Gasteiger partial charge in [0.1, 0.15) is 5.75 Å². The van der Waals surface area contributed by atoms with E-state index in [1.807, 2.05) is 42.5 Å². The van der Waals surface area contributed by atoms with Crippen LogP contribution >= 0.6 is 0 Å². The topological polar surface area (TPSA) is 41.6 Å². The molecule has 0 bridgehead atoms. The van der Waals surface area contributed by atoms with Crippen LogP contribution in [0.4, 0.5) is 4.79 Å². The number of benzene rings is 3. The summed E-state index contributed by atoms with van der Waals surface area (Å²) in [6, 6.07) is 26.5. The Balaban J connectivity index is 1.43. The fourth-order valence-electron chi connectivity index (χ4n) is 3.21. The van der Waals surface area contributed by atoms with Crippen LogP contribution in [0.3, 0.4) is 0 Å². The van der Waals surface area contributed by atoms with Crippen LogP contribution in [0.25, 0.3) is 22.3 Å². The van der Waals surface area contributed by atoms with E-state index in [1.165, 1.54) is 11.1 Å². The van der Waals surface area contributed by atoms with Crippen LogP contribution in [-0.4, -0.2) is 37.2 Å². The third kappa shape index (κ3) is 4.18. The summed E-state index contributed by atoms with van der Waals surface area (Å²) < 4.78 is 5.48. The van der Waals surface area contributed by atoms with Gasteiger partial charge in [0.15, 0.2) is 0 Å². The molecule has 4 rings (SSSR count). The van der Waals surface area contributed by atoms with Crippen molar-refractivity contribution in [3.8, 4) is 28.0 Å². The molecule has 3 aromatic carbocycles. The number of ether oxygens (including phenoxy) is 1. The Labute approximate surface area is 159 Å². The van der Waals surface area contributed by atoms with Crippen molar-refractivity contribution in [2.24, 2.45) is 0 Å². The van der Waals surface area contributed by atoms with Crippen LogP contribution < -0.4 is 10.1 Å². The number of rotatable bonds is 3. The molecule has 1 fully saturated rings. The number of hydrogen-bond acceptors (Lipinski definition) is 3. The molecule has 1 aliphatic rings. The lowest BCUT2D eigenvalue weighted by Gasteiger charge is -2.26. The van der Waals surface area contributed by atoms with Crippen molar-refractivity contribution in [1.29, 1.82) is 0 Å². The number of amides is 1. The molecular weight excluding hydrogens is 336 g/mol. The number of piperazine rings is 1. The highest BCUT2D eigenvalue weighted by Crippen LogP contribution is 2.26. The molecule has 0 spiro atoms. The van der Waals surface area contributed by atoms with Crippen molar-refractivity contribution in [2.45, 2.75) is 0 Å². The Morgan fingerprint density at radius 1 is 0.704 bits per heavy atom. The molecular formula is C23H22N2O2. The van der Waals surface area contributed by atoms with Gasteiger partial charge in [0.25, 0.3) is 0 Å². The maximum atomic E-state index is 12.2. The van der Waals surface area contributed by atoms with E-state index in [9.17, 15) is 4.79 Å². The smallest absolute Gasteiger partial charge is 0.410 e. The quantitative estimate of drug-likeness (QED) is 0.753. The summed E-state index contributed by atoms with van der Waals surface area (Å²) in [6.07, 6.45) is -0.281. The average Bonchev–Trinajstić information content (AvgIpc) is 2.76. The van der Waals surface area contributed by atoms with Crippen LogP contribution in [0.1, 0.15) is 0 Å². The van der Waals surface area contributed by atoms with E-state index in [4.69, 9.17) is 4.74 Å². The molecule has 0 aliphatic carbocycles. The van der Waals surface area contributed by atoms with Gasteiger partial charge < -0.3 is 15.0 Å². The average molecular weight is 358 g/mol. The second-order valence-corrected chi connectivity index (χ2v) is 6.57. The third-order valence-electron chi connectivity index (χ3n) is 4.76. The fraction of sp³-hybridized carbons (Fsp3) is 0.174. The van der Waals surface area contributed by atoms with Crippen LogP contribution in [0.2, 0.25) is 0 Å². The largest absolute Gasteiger partial charge is 0.415 e. The SMILES string of the molecule is O=C(Oc1ccc(-c2ccc(-c3ccccc3)cc2)cc1)N1CCNCC1. The lowest BCUT2D eigenvalue weighted by atomic mass is 10.0. The maximum absolute atomic E-state index is 12.2. The van der Waals surface area contributed by atoms with Gasteiger partial charge in [-0.15, -0.1) is 0 Å². The monoisotopic (exact) mass is 358 g/mol. The van der Waals surface area contributed by atoms with E-state index in [-0.39, 0.29) is 6.09 Å². The van der Waals surface area contributed by atoms with E-state index < -0.39 is 0 Å². The summed E-state index contributed by atoms with van der Waals surface area (Å²) in [5.74, 6) is 0.572. The lowest BCUT2D eigenvalue weighted by molar-refractivity contribution is 0.146. The highest BCUT2D eigenvalue weighted by atomic mass is 16.6. The Bertz CT molecular complexity index is 884. The molecule has 4 heteroatoms. The molecule has 27 heavy (non-hydrogen) atoms. The molecule has 1 saturated heterocycles. The van der Waals surface area contributed by atoms with Gasteiger partial charge in [-0.3, -0.25) is 0 Å². The maximum Gasteiger partial charge on any atom is 0.415 e. The third-order valence-corrected chi connectivity index (χ3v) is 4.76. The van der Waals surface area contributed by atoms with Gasteiger partial charge in [0.2, 0.25) is 0 Å². The highest BCUT2D eigenvalue weighted by Gasteiger charge is 2.17. The van der Waals surface area contributed by atoms with E-state index in [0.29, 0.717) is 18.8 Å². The standard InChI is InChI=1S/C23H22N2O2/c26-23(25-16-14-24-15-17-25)27-22-12-10-21(11-13-22)20-8-6-19(7-9-20)18-4-2-1-3-5-18/h1-13,24H,14-17H2. The first kappa shape index (κ1) is 17.3. The van der Waals surface area contributed by atoms with Crippen molar-refractivity contribution in [1.82, 2.24) is 10.2 Å². The van der Waals surface area contributed by atoms with Gasteiger partial charge in [-0.2, -0.15) is 0 Å². The predicted octanol–water partition coefficient (Wildman–Crippen LogP) is 4.42. The molecule has 3 aromatic rings. The van der Waals surface area contributed by atoms with Crippen molar-refractivity contribution in [3.05, 3.63) is 78.9 Å². The van der Waals surface area contributed by atoms with Crippen molar-refractivity contribution < 1.29 is 9.53 Å². The predicted molar refractivity (Wildman–Crippen MR) is 108 cm³/mol. The summed E-state index contributed by atoms with van der Waals surface area (Å²) in [6.45, 7) is 3.00. The molecule has 0 atom stereocenters. The van der Waals surface area contributed by atoms with Crippen LogP contribution in [0.5, 0.6) is 5.75 Å². The molecule has 136 valence electrons. The molecule has 0 radical (unpaired) electrons. The summed E-state index contributed by atoms with van der Waals surface area (Å²) >= 11 is 0. The number of nitrogens with one attached hydrogen (secondary N) is 1. The Morgan fingerprint density at radius 2 is 1.19 bits per heavy atom. The summed E-state index contributed by atoms with van der Waals surface area (Å²) in [7, 11) is 0. The molecule has 4 nitrogen and oxygen atoms in total. The van der Waals surface area contributed by atoms with Gasteiger partial charge in [-0.05, 0) is 34.4 Å².